The van der Waals surface area contributed by atoms with Gasteiger partial charge in [0.25, 0.3) is 0 Å². The van der Waals surface area contributed by atoms with Gasteiger partial charge in [0.2, 0.25) is 5.91 Å². The largest absolute Gasteiger partial charge is 0.369 e. The summed E-state index contributed by atoms with van der Waals surface area (Å²) in [6.07, 6.45) is 0.0377. The fourth-order valence-corrected chi connectivity index (χ4v) is 2.62. The van der Waals surface area contributed by atoms with Crippen LogP contribution in [0.25, 0.3) is 0 Å². The Morgan fingerprint density at radius 2 is 2.05 bits per heavy atom. The molecule has 1 fully saturated rings. The number of amides is 1. The minimum atomic E-state index is -0.595. The molecule has 1 aliphatic heterocycles. The van der Waals surface area contributed by atoms with Gasteiger partial charge in [0.15, 0.2) is 0 Å². The highest BCUT2D eigenvalue weighted by Crippen LogP contribution is 2.23. The molecule has 0 unspecified atom stereocenters. The standard InChI is InChI=1S/C15H22N2O2/c1-11-9-17(10-15(2,3)19-11)14(18)13(16)12-7-5-4-6-8-12/h4-8,11,13H,9-10,16H2,1-3H3/t11-,13-/m0/s1. The van der Waals surface area contributed by atoms with Crippen molar-refractivity contribution in [3.63, 3.8) is 0 Å². The zero-order chi connectivity index (χ0) is 14.0. The van der Waals surface area contributed by atoms with Crippen molar-refractivity contribution in [2.24, 2.45) is 5.73 Å². The third-order valence-electron chi connectivity index (χ3n) is 3.31. The lowest BCUT2D eigenvalue weighted by atomic mass is 10.0. The molecule has 1 aromatic carbocycles. The number of morpholine rings is 1. The average Bonchev–Trinajstić information content (AvgIpc) is 2.35. The molecular formula is C15H22N2O2. The Balaban J connectivity index is 2.11. The third-order valence-corrected chi connectivity index (χ3v) is 3.31. The number of hydrogen-bond donors (Lipinski definition) is 1. The summed E-state index contributed by atoms with van der Waals surface area (Å²) < 4.78 is 5.80. The first-order valence-corrected chi connectivity index (χ1v) is 6.66. The van der Waals surface area contributed by atoms with E-state index in [0.29, 0.717) is 13.1 Å². The summed E-state index contributed by atoms with van der Waals surface area (Å²) in [6.45, 7) is 7.16. The summed E-state index contributed by atoms with van der Waals surface area (Å²) in [5.41, 5.74) is 6.61. The molecule has 1 saturated heterocycles. The summed E-state index contributed by atoms with van der Waals surface area (Å²) in [7, 11) is 0. The van der Waals surface area contributed by atoms with E-state index >= 15 is 0 Å². The Morgan fingerprint density at radius 3 is 2.63 bits per heavy atom. The van der Waals surface area contributed by atoms with Crippen LogP contribution in [0.1, 0.15) is 32.4 Å². The van der Waals surface area contributed by atoms with Gasteiger partial charge in [0.05, 0.1) is 11.7 Å². The first kappa shape index (κ1) is 14.0. The second-order valence-electron chi connectivity index (χ2n) is 5.80. The topological polar surface area (TPSA) is 55.6 Å². The molecule has 1 aromatic rings. The second kappa shape index (κ2) is 5.31. The molecule has 4 heteroatoms. The lowest BCUT2D eigenvalue weighted by Crippen LogP contribution is -2.55. The Bertz CT molecular complexity index is 445. The number of hydrogen-bond acceptors (Lipinski definition) is 3. The lowest BCUT2D eigenvalue weighted by Gasteiger charge is -2.42. The number of ether oxygens (including phenoxy) is 1. The van der Waals surface area contributed by atoms with Gasteiger partial charge >= 0.3 is 0 Å². The molecule has 2 N–H and O–H groups in total. The molecular weight excluding hydrogens is 240 g/mol. The van der Waals surface area contributed by atoms with Crippen molar-refractivity contribution in [1.82, 2.24) is 4.90 Å². The van der Waals surface area contributed by atoms with Gasteiger partial charge in [-0.25, -0.2) is 0 Å². The van der Waals surface area contributed by atoms with Crippen LogP contribution in [0.2, 0.25) is 0 Å². The van der Waals surface area contributed by atoms with Gasteiger partial charge < -0.3 is 15.4 Å². The van der Waals surface area contributed by atoms with Gasteiger partial charge in [0.1, 0.15) is 6.04 Å². The van der Waals surface area contributed by atoms with E-state index in [0.717, 1.165) is 5.56 Å². The van der Waals surface area contributed by atoms with Crippen LogP contribution in [0.4, 0.5) is 0 Å². The molecule has 2 rings (SSSR count). The van der Waals surface area contributed by atoms with Crippen LogP contribution in [-0.2, 0) is 9.53 Å². The predicted molar refractivity (Wildman–Crippen MR) is 74.6 cm³/mol. The maximum Gasteiger partial charge on any atom is 0.244 e. The average molecular weight is 262 g/mol. The van der Waals surface area contributed by atoms with E-state index in [1.165, 1.54) is 0 Å². The highest BCUT2D eigenvalue weighted by atomic mass is 16.5. The highest BCUT2D eigenvalue weighted by molar-refractivity contribution is 5.83. The monoisotopic (exact) mass is 262 g/mol. The van der Waals surface area contributed by atoms with Crippen LogP contribution in [0, 0.1) is 0 Å². The van der Waals surface area contributed by atoms with Gasteiger partial charge in [-0.1, -0.05) is 30.3 Å². The van der Waals surface area contributed by atoms with Crippen molar-refractivity contribution >= 4 is 5.91 Å². The van der Waals surface area contributed by atoms with E-state index < -0.39 is 6.04 Å². The quantitative estimate of drug-likeness (QED) is 0.882. The molecule has 4 nitrogen and oxygen atoms in total. The molecule has 1 amide bonds. The second-order valence-corrected chi connectivity index (χ2v) is 5.80. The van der Waals surface area contributed by atoms with Crippen LogP contribution < -0.4 is 5.73 Å². The predicted octanol–water partition coefficient (Wildman–Crippen LogP) is 1.71. The summed E-state index contributed by atoms with van der Waals surface area (Å²) in [6, 6.07) is 8.89. The third kappa shape index (κ3) is 3.33. The maximum absolute atomic E-state index is 12.5. The molecule has 0 aliphatic carbocycles. The van der Waals surface area contributed by atoms with Crippen molar-refractivity contribution in [1.29, 1.82) is 0 Å². The van der Waals surface area contributed by atoms with Crippen LogP contribution in [0.3, 0.4) is 0 Å². The first-order chi connectivity index (χ1) is 8.89. The van der Waals surface area contributed by atoms with E-state index in [9.17, 15) is 4.79 Å². The number of carbonyl (C=O) groups is 1. The Hall–Kier alpha value is -1.39. The summed E-state index contributed by atoms with van der Waals surface area (Å²) in [4.78, 5) is 14.3. The molecule has 1 heterocycles. The molecule has 19 heavy (non-hydrogen) atoms. The Labute approximate surface area is 114 Å². The van der Waals surface area contributed by atoms with Crippen LogP contribution in [0.5, 0.6) is 0 Å². The van der Waals surface area contributed by atoms with Gasteiger partial charge in [-0.2, -0.15) is 0 Å². The molecule has 2 atom stereocenters. The van der Waals surface area contributed by atoms with Crippen LogP contribution in [-0.4, -0.2) is 35.6 Å². The zero-order valence-electron chi connectivity index (χ0n) is 11.8. The van der Waals surface area contributed by atoms with Crippen LogP contribution >= 0.6 is 0 Å². The normalized spacial score (nSPS) is 24.0. The molecule has 0 radical (unpaired) electrons. The minimum Gasteiger partial charge on any atom is -0.369 e. The number of benzene rings is 1. The molecule has 0 bridgehead atoms. The summed E-state index contributed by atoms with van der Waals surface area (Å²) in [5.74, 6) is -0.0329. The summed E-state index contributed by atoms with van der Waals surface area (Å²) >= 11 is 0. The van der Waals surface area contributed by atoms with Crippen molar-refractivity contribution in [3.8, 4) is 0 Å². The Kier molecular flexibility index (Phi) is 3.92. The Morgan fingerprint density at radius 1 is 1.42 bits per heavy atom. The first-order valence-electron chi connectivity index (χ1n) is 6.66. The van der Waals surface area contributed by atoms with Gasteiger partial charge in [-0.15, -0.1) is 0 Å². The molecule has 0 saturated carbocycles. The number of carbonyl (C=O) groups excluding carboxylic acids is 1. The lowest BCUT2D eigenvalue weighted by molar-refractivity contribution is -0.159. The van der Waals surface area contributed by atoms with Gasteiger partial charge in [-0.3, -0.25) is 4.79 Å². The van der Waals surface area contributed by atoms with E-state index in [4.69, 9.17) is 10.5 Å². The van der Waals surface area contributed by atoms with Crippen LogP contribution in [0.15, 0.2) is 30.3 Å². The van der Waals surface area contributed by atoms with Crippen molar-refractivity contribution < 1.29 is 9.53 Å². The summed E-state index contributed by atoms with van der Waals surface area (Å²) in [5, 5.41) is 0. The van der Waals surface area contributed by atoms with Crippen molar-refractivity contribution in [2.75, 3.05) is 13.1 Å². The zero-order valence-corrected chi connectivity index (χ0v) is 11.8. The maximum atomic E-state index is 12.5. The van der Waals surface area contributed by atoms with E-state index in [1.54, 1.807) is 0 Å². The molecule has 1 aliphatic rings. The SMILES string of the molecule is C[C@H]1CN(C(=O)[C@@H](N)c2ccccc2)CC(C)(C)O1. The van der Waals surface area contributed by atoms with Gasteiger partial charge in [0, 0.05) is 13.1 Å². The molecule has 104 valence electrons. The number of nitrogens with two attached hydrogens (primary N) is 1. The smallest absolute Gasteiger partial charge is 0.244 e. The van der Waals surface area contributed by atoms with E-state index in [-0.39, 0.29) is 17.6 Å². The minimum absolute atomic E-state index is 0.0329. The highest BCUT2D eigenvalue weighted by Gasteiger charge is 2.35. The van der Waals surface area contributed by atoms with Crippen molar-refractivity contribution in [3.05, 3.63) is 35.9 Å². The molecule has 0 aromatic heterocycles. The fourth-order valence-electron chi connectivity index (χ4n) is 2.62. The fraction of sp³-hybridized carbons (Fsp3) is 0.533. The number of nitrogens with zero attached hydrogens (tertiary/aromatic N) is 1. The van der Waals surface area contributed by atoms with E-state index in [2.05, 4.69) is 0 Å². The number of rotatable bonds is 2. The van der Waals surface area contributed by atoms with Gasteiger partial charge in [-0.05, 0) is 26.3 Å². The molecule has 0 spiro atoms. The van der Waals surface area contributed by atoms with E-state index in [1.807, 2.05) is 56.0 Å². The van der Waals surface area contributed by atoms with Crippen molar-refractivity contribution in [2.45, 2.75) is 38.5 Å².